The number of halogens is 1. The fourth-order valence-corrected chi connectivity index (χ4v) is 4.98. The maximum absolute atomic E-state index is 13.0. The first-order chi connectivity index (χ1) is 19.9. The van der Waals surface area contributed by atoms with E-state index in [1.165, 1.54) is 7.11 Å². The van der Waals surface area contributed by atoms with Crippen LogP contribution in [0.15, 0.2) is 24.3 Å². The third-order valence-corrected chi connectivity index (χ3v) is 7.20. The molecule has 42 heavy (non-hydrogen) atoms. The van der Waals surface area contributed by atoms with Crippen molar-refractivity contribution in [2.75, 3.05) is 20.3 Å². The Kier molecular flexibility index (Phi) is 14.9. The van der Waals surface area contributed by atoms with Gasteiger partial charge in [0.2, 0.25) is 11.8 Å². The molecule has 3 atom stereocenters. The maximum atomic E-state index is 13.0. The van der Waals surface area contributed by atoms with E-state index in [1.807, 2.05) is 0 Å². The van der Waals surface area contributed by atoms with Crippen LogP contribution in [0.5, 0.6) is 5.75 Å². The molecule has 1 aromatic rings. The second-order valence-electron chi connectivity index (χ2n) is 11.6. The van der Waals surface area contributed by atoms with Crippen molar-refractivity contribution in [3.05, 3.63) is 29.3 Å². The highest BCUT2D eigenvalue weighted by atomic mass is 35.5. The number of hydrogen-bond donors (Lipinski definition) is 4. The van der Waals surface area contributed by atoms with Gasteiger partial charge in [-0.25, -0.2) is 4.79 Å². The highest BCUT2D eigenvalue weighted by molar-refractivity contribution is 6.32. The standard InChI is InChI=1S/C30H46ClN3O8/c1-30(2,3)42-29(39)34-23(18-20-10-6-5-7-11-20)24(35)19-26(36)33-22(14-15-27(37)40-4)28(38)32-16-17-41-25-13-9-8-12-21(25)31/h8-9,12-13,20,22-24,35H,5-7,10-11,14-19H2,1-4H3,(H,32,38)(H,33,36)(H,34,39)/t22-,23-,24-/m0/s1. The van der Waals surface area contributed by atoms with Crippen molar-refractivity contribution in [3.63, 3.8) is 0 Å². The number of carbonyl (C=O) groups is 4. The minimum atomic E-state index is -1.22. The van der Waals surface area contributed by atoms with Crippen LogP contribution in [0.2, 0.25) is 5.02 Å². The molecule has 0 bridgehead atoms. The molecular weight excluding hydrogens is 566 g/mol. The first kappa shape index (κ1) is 35.1. The third kappa shape index (κ3) is 13.7. The Labute approximate surface area is 253 Å². The molecule has 1 fully saturated rings. The smallest absolute Gasteiger partial charge is 0.407 e. The molecule has 0 radical (unpaired) electrons. The van der Waals surface area contributed by atoms with Gasteiger partial charge in [-0.3, -0.25) is 14.4 Å². The first-order valence-corrected chi connectivity index (χ1v) is 14.9. The summed E-state index contributed by atoms with van der Waals surface area (Å²) in [5, 5.41) is 19.5. The van der Waals surface area contributed by atoms with Crippen LogP contribution >= 0.6 is 11.6 Å². The van der Waals surface area contributed by atoms with Crippen molar-refractivity contribution >= 4 is 35.5 Å². The molecule has 11 nitrogen and oxygen atoms in total. The molecule has 1 aliphatic rings. The lowest BCUT2D eigenvalue weighted by atomic mass is 9.83. The topological polar surface area (TPSA) is 152 Å². The molecular formula is C30H46ClN3O8. The predicted molar refractivity (Wildman–Crippen MR) is 158 cm³/mol. The van der Waals surface area contributed by atoms with Gasteiger partial charge in [-0.1, -0.05) is 55.8 Å². The molecule has 1 saturated carbocycles. The van der Waals surface area contributed by atoms with Crippen LogP contribution in [0.1, 0.15) is 78.6 Å². The summed E-state index contributed by atoms with van der Waals surface area (Å²) in [6, 6.07) is 5.17. The molecule has 0 heterocycles. The van der Waals surface area contributed by atoms with Crippen LogP contribution in [0.3, 0.4) is 0 Å². The maximum Gasteiger partial charge on any atom is 0.407 e. The summed E-state index contributed by atoms with van der Waals surface area (Å²) in [6.45, 7) is 5.49. The minimum absolute atomic E-state index is 0.00657. The third-order valence-electron chi connectivity index (χ3n) is 6.89. The largest absolute Gasteiger partial charge is 0.490 e. The number of aliphatic hydroxyl groups excluding tert-OH is 1. The fourth-order valence-electron chi connectivity index (χ4n) is 4.79. The normalized spacial score (nSPS) is 16.0. The Bertz CT molecular complexity index is 1030. The molecule has 2 rings (SSSR count). The number of carbonyl (C=O) groups excluding carboxylic acids is 4. The lowest BCUT2D eigenvalue weighted by Crippen LogP contribution is -2.51. The quantitative estimate of drug-likeness (QED) is 0.172. The number of amides is 3. The highest BCUT2D eigenvalue weighted by Gasteiger charge is 2.31. The molecule has 0 aliphatic heterocycles. The Hall–Kier alpha value is -3.05. The number of nitrogens with one attached hydrogen (secondary N) is 3. The van der Waals surface area contributed by atoms with Gasteiger partial charge in [0.15, 0.2) is 0 Å². The zero-order valence-electron chi connectivity index (χ0n) is 25.1. The van der Waals surface area contributed by atoms with E-state index in [1.54, 1.807) is 45.0 Å². The van der Waals surface area contributed by atoms with Crippen molar-refractivity contribution in [2.45, 2.75) is 102 Å². The van der Waals surface area contributed by atoms with E-state index in [9.17, 15) is 24.3 Å². The van der Waals surface area contributed by atoms with E-state index in [0.717, 1.165) is 32.1 Å². The zero-order valence-corrected chi connectivity index (χ0v) is 25.8. The van der Waals surface area contributed by atoms with Crippen molar-refractivity contribution in [1.82, 2.24) is 16.0 Å². The molecule has 0 aromatic heterocycles. The minimum Gasteiger partial charge on any atom is -0.490 e. The molecule has 0 saturated heterocycles. The number of esters is 1. The van der Waals surface area contributed by atoms with Crippen LogP contribution in [-0.4, -0.2) is 73.0 Å². The second-order valence-corrected chi connectivity index (χ2v) is 12.0. The number of aliphatic hydroxyl groups is 1. The van der Waals surface area contributed by atoms with Crippen LogP contribution in [-0.2, 0) is 23.9 Å². The van der Waals surface area contributed by atoms with E-state index in [0.29, 0.717) is 23.1 Å². The Morgan fingerprint density at radius 2 is 1.76 bits per heavy atom. The van der Waals surface area contributed by atoms with Gasteiger partial charge in [0.25, 0.3) is 0 Å². The van der Waals surface area contributed by atoms with E-state index in [4.69, 9.17) is 21.1 Å². The molecule has 1 aromatic carbocycles. The van der Waals surface area contributed by atoms with Crippen molar-refractivity contribution in [2.24, 2.45) is 5.92 Å². The summed E-state index contributed by atoms with van der Waals surface area (Å²) in [5.74, 6) is -0.864. The van der Waals surface area contributed by atoms with Gasteiger partial charge in [0.1, 0.15) is 24.0 Å². The van der Waals surface area contributed by atoms with Gasteiger partial charge in [0.05, 0.1) is 37.2 Å². The van der Waals surface area contributed by atoms with Gasteiger partial charge in [-0.05, 0) is 51.7 Å². The Morgan fingerprint density at radius 1 is 1.07 bits per heavy atom. The van der Waals surface area contributed by atoms with E-state index < -0.39 is 47.7 Å². The van der Waals surface area contributed by atoms with E-state index in [2.05, 4.69) is 20.7 Å². The summed E-state index contributed by atoms with van der Waals surface area (Å²) in [4.78, 5) is 50.2. The zero-order chi connectivity index (χ0) is 31.1. The molecule has 4 N–H and O–H groups in total. The molecule has 1 aliphatic carbocycles. The average molecular weight is 612 g/mol. The number of ether oxygens (including phenoxy) is 3. The Balaban J connectivity index is 1.99. The number of methoxy groups -OCH3 is 1. The van der Waals surface area contributed by atoms with E-state index >= 15 is 0 Å². The summed E-state index contributed by atoms with van der Waals surface area (Å²) < 4.78 is 15.6. The monoisotopic (exact) mass is 611 g/mol. The van der Waals surface area contributed by atoms with Crippen LogP contribution < -0.4 is 20.7 Å². The second kappa shape index (κ2) is 17.8. The van der Waals surface area contributed by atoms with Crippen LogP contribution in [0.25, 0.3) is 0 Å². The molecule has 236 valence electrons. The summed E-state index contributed by atoms with van der Waals surface area (Å²) in [5.41, 5.74) is -0.722. The SMILES string of the molecule is COC(=O)CC[C@H](NC(=O)C[C@H](O)[C@H](CC1CCCCC1)NC(=O)OC(C)(C)C)C(=O)NCCOc1ccccc1Cl. The highest BCUT2D eigenvalue weighted by Crippen LogP contribution is 2.28. The molecule has 3 amide bonds. The molecule has 0 unspecified atom stereocenters. The number of para-hydroxylation sites is 1. The number of alkyl carbamates (subject to hydrolysis) is 1. The Morgan fingerprint density at radius 3 is 2.40 bits per heavy atom. The summed E-state index contributed by atoms with van der Waals surface area (Å²) in [7, 11) is 1.24. The molecule has 0 spiro atoms. The molecule has 12 heteroatoms. The van der Waals surface area contributed by atoms with Crippen LogP contribution in [0.4, 0.5) is 4.79 Å². The van der Waals surface area contributed by atoms with Crippen molar-refractivity contribution < 1.29 is 38.5 Å². The average Bonchev–Trinajstić information content (AvgIpc) is 2.93. The predicted octanol–water partition coefficient (Wildman–Crippen LogP) is 3.89. The number of hydrogen-bond acceptors (Lipinski definition) is 8. The van der Waals surface area contributed by atoms with Gasteiger partial charge in [0, 0.05) is 6.42 Å². The van der Waals surface area contributed by atoms with Gasteiger partial charge in [-0.15, -0.1) is 0 Å². The van der Waals surface area contributed by atoms with Gasteiger partial charge >= 0.3 is 12.1 Å². The lowest BCUT2D eigenvalue weighted by molar-refractivity contribution is -0.141. The van der Waals surface area contributed by atoms with Crippen molar-refractivity contribution in [3.8, 4) is 5.75 Å². The number of benzene rings is 1. The fraction of sp³-hybridized carbons (Fsp3) is 0.667. The lowest BCUT2D eigenvalue weighted by Gasteiger charge is -2.31. The van der Waals surface area contributed by atoms with Gasteiger partial charge in [-0.2, -0.15) is 0 Å². The summed E-state index contributed by atoms with van der Waals surface area (Å²) in [6.07, 6.45) is 3.46. The summed E-state index contributed by atoms with van der Waals surface area (Å²) >= 11 is 6.08. The first-order valence-electron chi connectivity index (χ1n) is 14.6. The van der Waals surface area contributed by atoms with Crippen molar-refractivity contribution in [1.29, 1.82) is 0 Å². The van der Waals surface area contributed by atoms with Crippen LogP contribution in [0, 0.1) is 5.92 Å². The number of rotatable bonds is 15. The van der Waals surface area contributed by atoms with Gasteiger partial charge < -0.3 is 35.3 Å². The van der Waals surface area contributed by atoms with E-state index in [-0.39, 0.29) is 32.4 Å².